The smallest absolute Gasteiger partial charge is 0.267 e. The lowest BCUT2D eigenvalue weighted by Gasteiger charge is -2.12. The average Bonchev–Trinajstić information content (AvgIpc) is 2.58. The molecule has 0 aliphatic carbocycles. The Kier molecular flexibility index (Phi) is 3.78. The van der Waals surface area contributed by atoms with E-state index in [1.807, 2.05) is 0 Å². The van der Waals surface area contributed by atoms with Gasteiger partial charge in [0.2, 0.25) is 0 Å². The Bertz CT molecular complexity index is 1030. The molecule has 0 aliphatic heterocycles. The fourth-order valence-electron chi connectivity index (χ4n) is 2.30. The molecule has 1 N–H and O–H groups in total. The molecule has 3 rings (SSSR count). The number of nitro groups is 1. The van der Waals surface area contributed by atoms with E-state index >= 15 is 0 Å². The van der Waals surface area contributed by atoms with Gasteiger partial charge in [0.1, 0.15) is 5.82 Å². The van der Waals surface area contributed by atoms with Crippen molar-refractivity contribution in [2.24, 2.45) is 0 Å². The van der Waals surface area contributed by atoms with Gasteiger partial charge in [-0.25, -0.2) is 9.66 Å². The summed E-state index contributed by atoms with van der Waals surface area (Å²) in [4.78, 5) is 39.3. The fourth-order valence-corrected chi connectivity index (χ4v) is 2.30. The predicted molar refractivity (Wildman–Crippen MR) is 87.5 cm³/mol. The lowest BCUT2D eigenvalue weighted by molar-refractivity contribution is -0.384. The normalized spacial score (nSPS) is 10.5. The second-order valence-corrected chi connectivity index (χ2v) is 5.07. The van der Waals surface area contributed by atoms with Crippen molar-refractivity contribution in [2.45, 2.75) is 6.92 Å². The van der Waals surface area contributed by atoms with E-state index < -0.39 is 16.4 Å². The Balaban J connectivity index is 2.01. The lowest BCUT2D eigenvalue weighted by Crippen LogP contribution is -2.35. The first-order valence-corrected chi connectivity index (χ1v) is 7.01. The highest BCUT2D eigenvalue weighted by Gasteiger charge is 2.14. The van der Waals surface area contributed by atoms with Crippen molar-refractivity contribution in [3.63, 3.8) is 0 Å². The molecule has 120 valence electrons. The van der Waals surface area contributed by atoms with Crippen LogP contribution in [0.4, 0.5) is 5.69 Å². The monoisotopic (exact) mass is 324 g/mol. The topological polar surface area (TPSA) is 107 Å². The molecule has 0 unspecified atom stereocenters. The van der Waals surface area contributed by atoms with E-state index in [9.17, 15) is 19.7 Å². The number of aryl methyl sites for hydroxylation is 1. The standard InChI is InChI=1S/C16H12N4O4/c1-10-17-14-8-3-2-7-13(14)16(22)19(10)18-15(21)11-5-4-6-12(9-11)20(23)24/h2-9H,1H3,(H,18,21). The third-order valence-electron chi connectivity index (χ3n) is 3.48. The molecule has 8 heteroatoms. The molecule has 0 saturated heterocycles. The van der Waals surface area contributed by atoms with Crippen LogP contribution in [0.1, 0.15) is 16.2 Å². The number of nitro benzene ring substituents is 1. The predicted octanol–water partition coefficient (Wildman–Crippen LogP) is 2.00. The zero-order chi connectivity index (χ0) is 17.3. The van der Waals surface area contributed by atoms with Crippen LogP contribution in [-0.2, 0) is 0 Å². The highest BCUT2D eigenvalue weighted by atomic mass is 16.6. The largest absolute Gasteiger partial charge is 0.280 e. The number of hydrogen-bond acceptors (Lipinski definition) is 5. The highest BCUT2D eigenvalue weighted by Crippen LogP contribution is 2.13. The van der Waals surface area contributed by atoms with Crippen LogP contribution in [0, 0.1) is 17.0 Å². The van der Waals surface area contributed by atoms with Gasteiger partial charge in [0.15, 0.2) is 0 Å². The first-order chi connectivity index (χ1) is 11.5. The Hall–Kier alpha value is -3.55. The van der Waals surface area contributed by atoms with Crippen LogP contribution in [0.3, 0.4) is 0 Å². The van der Waals surface area contributed by atoms with Crippen molar-refractivity contribution in [2.75, 3.05) is 5.43 Å². The van der Waals surface area contributed by atoms with Crippen LogP contribution in [0.15, 0.2) is 53.3 Å². The number of nitrogens with zero attached hydrogens (tertiary/aromatic N) is 3. The molecule has 3 aromatic rings. The molecule has 0 spiro atoms. The summed E-state index contributed by atoms with van der Waals surface area (Å²) in [7, 11) is 0. The maximum Gasteiger partial charge on any atom is 0.280 e. The summed E-state index contributed by atoms with van der Waals surface area (Å²) in [6, 6.07) is 12.0. The van der Waals surface area contributed by atoms with Crippen molar-refractivity contribution in [3.8, 4) is 0 Å². The van der Waals surface area contributed by atoms with Crippen molar-refractivity contribution < 1.29 is 9.72 Å². The van der Waals surface area contributed by atoms with Crippen LogP contribution >= 0.6 is 0 Å². The Labute approximate surface area is 135 Å². The molecule has 1 amide bonds. The summed E-state index contributed by atoms with van der Waals surface area (Å²) in [5.74, 6) is -0.335. The van der Waals surface area contributed by atoms with Gasteiger partial charge < -0.3 is 0 Å². The van der Waals surface area contributed by atoms with Gasteiger partial charge in [0, 0.05) is 17.7 Å². The van der Waals surface area contributed by atoms with E-state index in [4.69, 9.17) is 0 Å². The van der Waals surface area contributed by atoms with E-state index in [0.29, 0.717) is 16.7 Å². The van der Waals surface area contributed by atoms with Gasteiger partial charge in [-0.1, -0.05) is 18.2 Å². The summed E-state index contributed by atoms with van der Waals surface area (Å²) in [6.07, 6.45) is 0. The Morgan fingerprint density at radius 2 is 1.96 bits per heavy atom. The second kappa shape index (κ2) is 5.92. The van der Waals surface area contributed by atoms with Gasteiger partial charge >= 0.3 is 0 Å². The minimum atomic E-state index is -0.638. The SMILES string of the molecule is Cc1nc2ccccc2c(=O)n1NC(=O)c1cccc([N+](=O)[O-])c1. The molecule has 2 aromatic carbocycles. The van der Waals surface area contributed by atoms with Crippen LogP contribution < -0.4 is 11.0 Å². The van der Waals surface area contributed by atoms with Gasteiger partial charge in [-0.2, -0.15) is 0 Å². The molecule has 24 heavy (non-hydrogen) atoms. The van der Waals surface area contributed by atoms with Crippen molar-refractivity contribution in [1.82, 2.24) is 9.66 Å². The summed E-state index contributed by atoms with van der Waals surface area (Å²) in [5.41, 5.74) is 2.41. The van der Waals surface area contributed by atoms with Crippen LogP contribution in [0.2, 0.25) is 0 Å². The molecule has 8 nitrogen and oxygen atoms in total. The van der Waals surface area contributed by atoms with Gasteiger partial charge in [0.05, 0.1) is 15.8 Å². The van der Waals surface area contributed by atoms with E-state index in [2.05, 4.69) is 10.4 Å². The molecular formula is C16H12N4O4. The Morgan fingerprint density at radius 1 is 1.21 bits per heavy atom. The van der Waals surface area contributed by atoms with Crippen molar-refractivity contribution in [1.29, 1.82) is 0 Å². The second-order valence-electron chi connectivity index (χ2n) is 5.07. The number of fused-ring (bicyclic) bond motifs is 1. The van der Waals surface area contributed by atoms with Crippen molar-refractivity contribution >= 4 is 22.5 Å². The van der Waals surface area contributed by atoms with E-state index in [0.717, 1.165) is 10.7 Å². The number of aromatic nitrogens is 2. The zero-order valence-corrected chi connectivity index (χ0v) is 12.6. The van der Waals surface area contributed by atoms with Crippen LogP contribution in [0.5, 0.6) is 0 Å². The Morgan fingerprint density at radius 3 is 2.71 bits per heavy atom. The number of carbonyl (C=O) groups is 1. The number of carbonyl (C=O) groups excluding carboxylic acids is 1. The minimum Gasteiger partial charge on any atom is -0.267 e. The van der Waals surface area contributed by atoms with Crippen molar-refractivity contribution in [3.05, 3.63) is 80.4 Å². The number of non-ortho nitro benzene ring substituents is 1. The molecule has 0 bridgehead atoms. The molecule has 0 radical (unpaired) electrons. The number of nitrogens with one attached hydrogen (secondary N) is 1. The number of para-hydroxylation sites is 1. The molecule has 1 heterocycles. The molecule has 0 atom stereocenters. The van der Waals surface area contributed by atoms with E-state index in [1.165, 1.54) is 18.2 Å². The van der Waals surface area contributed by atoms with Crippen LogP contribution in [-0.4, -0.2) is 20.5 Å². The number of amides is 1. The molecular weight excluding hydrogens is 312 g/mol. The molecule has 1 aromatic heterocycles. The summed E-state index contributed by atoms with van der Waals surface area (Å²) in [5, 5.41) is 11.2. The number of rotatable bonds is 3. The van der Waals surface area contributed by atoms with Gasteiger partial charge in [-0.3, -0.25) is 25.1 Å². The first-order valence-electron chi connectivity index (χ1n) is 7.01. The minimum absolute atomic E-state index is 0.0728. The summed E-state index contributed by atoms with van der Waals surface area (Å²) < 4.78 is 1.03. The summed E-state index contributed by atoms with van der Waals surface area (Å²) in [6.45, 7) is 1.58. The maximum atomic E-state index is 12.5. The zero-order valence-electron chi connectivity index (χ0n) is 12.6. The number of hydrogen-bond donors (Lipinski definition) is 1. The lowest BCUT2D eigenvalue weighted by atomic mass is 10.2. The first kappa shape index (κ1) is 15.3. The van der Waals surface area contributed by atoms with Gasteiger partial charge in [-0.05, 0) is 25.1 Å². The third-order valence-corrected chi connectivity index (χ3v) is 3.48. The molecule has 0 aliphatic rings. The van der Waals surface area contributed by atoms with Gasteiger partial charge in [0.25, 0.3) is 17.2 Å². The maximum absolute atomic E-state index is 12.5. The summed E-state index contributed by atoms with van der Waals surface area (Å²) >= 11 is 0. The average molecular weight is 324 g/mol. The fraction of sp³-hybridized carbons (Fsp3) is 0.0625. The quantitative estimate of drug-likeness (QED) is 0.585. The van der Waals surface area contributed by atoms with Crippen LogP contribution in [0.25, 0.3) is 10.9 Å². The van der Waals surface area contributed by atoms with E-state index in [1.54, 1.807) is 31.2 Å². The van der Waals surface area contributed by atoms with Gasteiger partial charge in [-0.15, -0.1) is 0 Å². The number of benzene rings is 2. The highest BCUT2D eigenvalue weighted by molar-refractivity contribution is 6.00. The molecule has 0 fully saturated rings. The third kappa shape index (κ3) is 2.72. The molecule has 0 saturated carbocycles. The van der Waals surface area contributed by atoms with E-state index in [-0.39, 0.29) is 11.3 Å².